The van der Waals surface area contributed by atoms with Crippen LogP contribution in [0.25, 0.3) is 0 Å². The fourth-order valence-corrected chi connectivity index (χ4v) is 2.39. The molecule has 1 aliphatic heterocycles. The Morgan fingerprint density at radius 2 is 1.50 bits per heavy atom. The van der Waals surface area contributed by atoms with E-state index < -0.39 is 5.60 Å². The number of aryl methyl sites for hydroxylation is 1. The minimum absolute atomic E-state index is 0.545. The fourth-order valence-electron chi connectivity index (χ4n) is 2.39. The van der Waals surface area contributed by atoms with E-state index in [-0.39, 0.29) is 0 Å². The molecule has 20 heavy (non-hydrogen) atoms. The Kier molecular flexibility index (Phi) is 3.14. The molecule has 3 heteroatoms. The zero-order valence-corrected chi connectivity index (χ0v) is 11.7. The van der Waals surface area contributed by atoms with Gasteiger partial charge in [0.15, 0.2) is 11.5 Å². The van der Waals surface area contributed by atoms with Crippen LogP contribution in [0.2, 0.25) is 0 Å². The molecular weight excluding hydrogens is 252 g/mol. The van der Waals surface area contributed by atoms with E-state index in [1.165, 1.54) is 5.56 Å². The van der Waals surface area contributed by atoms with Gasteiger partial charge < -0.3 is 14.6 Å². The summed E-state index contributed by atoms with van der Waals surface area (Å²) >= 11 is 0. The van der Waals surface area contributed by atoms with Gasteiger partial charge in [0.25, 0.3) is 0 Å². The van der Waals surface area contributed by atoms with Crippen molar-refractivity contribution in [2.75, 3.05) is 13.2 Å². The van der Waals surface area contributed by atoms with Gasteiger partial charge in [0.2, 0.25) is 0 Å². The van der Waals surface area contributed by atoms with Crippen molar-refractivity contribution in [2.24, 2.45) is 0 Å². The van der Waals surface area contributed by atoms with Gasteiger partial charge in [-0.15, -0.1) is 0 Å². The lowest BCUT2D eigenvalue weighted by Gasteiger charge is -2.27. The fraction of sp³-hybridized carbons (Fsp3) is 0.294. The Balaban J connectivity index is 2.00. The molecule has 0 bridgehead atoms. The van der Waals surface area contributed by atoms with E-state index in [9.17, 15) is 5.11 Å². The van der Waals surface area contributed by atoms with Crippen LogP contribution < -0.4 is 9.47 Å². The summed E-state index contributed by atoms with van der Waals surface area (Å²) in [6.07, 6.45) is 0. The Bertz CT molecular complexity index is 615. The zero-order chi connectivity index (χ0) is 14.2. The molecule has 3 rings (SSSR count). The maximum atomic E-state index is 10.9. The number of hydrogen-bond donors (Lipinski definition) is 1. The minimum Gasteiger partial charge on any atom is -0.486 e. The van der Waals surface area contributed by atoms with E-state index in [4.69, 9.17) is 9.47 Å². The summed E-state index contributed by atoms with van der Waals surface area (Å²) < 4.78 is 11.1. The highest BCUT2D eigenvalue weighted by Gasteiger charge is 2.27. The van der Waals surface area contributed by atoms with E-state index in [2.05, 4.69) is 0 Å². The van der Waals surface area contributed by atoms with Gasteiger partial charge in [-0.25, -0.2) is 0 Å². The third kappa shape index (κ3) is 2.25. The topological polar surface area (TPSA) is 38.7 Å². The van der Waals surface area contributed by atoms with Crippen molar-refractivity contribution in [1.29, 1.82) is 0 Å². The van der Waals surface area contributed by atoms with Crippen molar-refractivity contribution in [1.82, 2.24) is 0 Å². The summed E-state index contributed by atoms with van der Waals surface area (Å²) in [6.45, 7) is 4.94. The van der Waals surface area contributed by atoms with Crippen LogP contribution in [-0.4, -0.2) is 18.3 Å². The third-order valence-electron chi connectivity index (χ3n) is 3.72. The molecule has 0 fully saturated rings. The largest absolute Gasteiger partial charge is 0.486 e. The quantitative estimate of drug-likeness (QED) is 0.911. The second-order valence-corrected chi connectivity index (χ2v) is 5.30. The zero-order valence-electron chi connectivity index (χ0n) is 11.7. The average molecular weight is 270 g/mol. The number of aliphatic hydroxyl groups is 1. The van der Waals surface area contributed by atoms with Crippen molar-refractivity contribution in [3.8, 4) is 11.5 Å². The molecule has 2 aromatic carbocycles. The van der Waals surface area contributed by atoms with Crippen molar-refractivity contribution >= 4 is 0 Å². The highest BCUT2D eigenvalue weighted by molar-refractivity contribution is 5.47. The smallest absolute Gasteiger partial charge is 0.161 e. The van der Waals surface area contributed by atoms with Crippen LogP contribution in [0, 0.1) is 6.92 Å². The number of benzene rings is 2. The van der Waals surface area contributed by atoms with Gasteiger partial charge in [-0.1, -0.05) is 35.9 Å². The monoisotopic (exact) mass is 270 g/mol. The molecule has 0 amide bonds. The first-order valence-corrected chi connectivity index (χ1v) is 6.77. The third-order valence-corrected chi connectivity index (χ3v) is 3.72. The van der Waals surface area contributed by atoms with Crippen molar-refractivity contribution < 1.29 is 14.6 Å². The standard InChI is InChI=1S/C17H18O3/c1-12-3-5-13(6-4-12)17(2,18)14-7-8-15-16(11-14)20-10-9-19-15/h3-8,11,18H,9-10H2,1-2H3. The van der Waals surface area contributed by atoms with E-state index in [1.807, 2.05) is 49.4 Å². The Labute approximate surface area is 118 Å². The number of hydrogen-bond acceptors (Lipinski definition) is 3. The molecule has 0 spiro atoms. The molecule has 3 nitrogen and oxygen atoms in total. The molecule has 104 valence electrons. The van der Waals surface area contributed by atoms with Crippen LogP contribution in [0.1, 0.15) is 23.6 Å². The highest BCUT2D eigenvalue weighted by atomic mass is 16.6. The van der Waals surface area contributed by atoms with Crippen molar-refractivity contribution in [3.05, 3.63) is 59.2 Å². The van der Waals surface area contributed by atoms with Crippen LogP contribution >= 0.6 is 0 Å². The Hall–Kier alpha value is -2.00. The van der Waals surface area contributed by atoms with Crippen LogP contribution in [0.5, 0.6) is 11.5 Å². The van der Waals surface area contributed by atoms with Gasteiger partial charge in [-0.2, -0.15) is 0 Å². The first-order chi connectivity index (χ1) is 9.57. The molecule has 1 aliphatic rings. The molecular formula is C17H18O3. The number of rotatable bonds is 2. The lowest BCUT2D eigenvalue weighted by Crippen LogP contribution is -2.23. The molecule has 1 unspecified atom stereocenters. The first kappa shape index (κ1) is 13.0. The molecule has 1 N–H and O–H groups in total. The summed E-state index contributed by atoms with van der Waals surface area (Å²) in [5, 5.41) is 10.9. The van der Waals surface area contributed by atoms with E-state index in [0.29, 0.717) is 19.0 Å². The molecule has 0 saturated carbocycles. The number of ether oxygens (including phenoxy) is 2. The Morgan fingerprint density at radius 1 is 0.900 bits per heavy atom. The molecule has 2 aromatic rings. The van der Waals surface area contributed by atoms with Crippen LogP contribution in [0.4, 0.5) is 0 Å². The minimum atomic E-state index is -1.05. The summed E-state index contributed by atoms with van der Waals surface area (Å²) in [5.41, 5.74) is 1.78. The van der Waals surface area contributed by atoms with Gasteiger partial charge in [0, 0.05) is 0 Å². The van der Waals surface area contributed by atoms with Gasteiger partial charge in [-0.05, 0) is 37.1 Å². The van der Waals surface area contributed by atoms with Crippen LogP contribution in [0.3, 0.4) is 0 Å². The Morgan fingerprint density at radius 3 is 2.20 bits per heavy atom. The van der Waals surface area contributed by atoms with Gasteiger partial charge >= 0.3 is 0 Å². The van der Waals surface area contributed by atoms with E-state index in [1.54, 1.807) is 6.92 Å². The first-order valence-electron chi connectivity index (χ1n) is 6.77. The van der Waals surface area contributed by atoms with E-state index >= 15 is 0 Å². The lowest BCUT2D eigenvalue weighted by molar-refractivity contribution is 0.101. The highest BCUT2D eigenvalue weighted by Crippen LogP contribution is 2.37. The molecule has 0 aromatic heterocycles. The molecule has 1 heterocycles. The summed E-state index contributed by atoms with van der Waals surface area (Å²) in [7, 11) is 0. The van der Waals surface area contributed by atoms with Gasteiger partial charge in [-0.3, -0.25) is 0 Å². The van der Waals surface area contributed by atoms with Crippen molar-refractivity contribution in [3.63, 3.8) is 0 Å². The van der Waals surface area contributed by atoms with E-state index in [0.717, 1.165) is 16.9 Å². The normalized spacial score (nSPS) is 16.6. The molecule has 0 aliphatic carbocycles. The SMILES string of the molecule is Cc1ccc(C(C)(O)c2ccc3c(c2)OCCO3)cc1. The van der Waals surface area contributed by atoms with Gasteiger partial charge in [0.05, 0.1) is 0 Å². The summed E-state index contributed by atoms with van der Waals surface area (Å²) in [6, 6.07) is 13.5. The summed E-state index contributed by atoms with van der Waals surface area (Å²) in [5.74, 6) is 1.43. The molecule has 0 radical (unpaired) electrons. The van der Waals surface area contributed by atoms with Crippen LogP contribution in [0.15, 0.2) is 42.5 Å². The maximum Gasteiger partial charge on any atom is 0.161 e. The molecule has 1 atom stereocenters. The maximum absolute atomic E-state index is 10.9. The van der Waals surface area contributed by atoms with Crippen LogP contribution in [-0.2, 0) is 5.60 Å². The average Bonchev–Trinajstić information content (AvgIpc) is 2.47. The van der Waals surface area contributed by atoms with Crippen molar-refractivity contribution in [2.45, 2.75) is 19.4 Å². The second-order valence-electron chi connectivity index (χ2n) is 5.30. The second kappa shape index (κ2) is 4.84. The van der Waals surface area contributed by atoms with Gasteiger partial charge in [0.1, 0.15) is 18.8 Å². The molecule has 0 saturated heterocycles. The summed E-state index contributed by atoms with van der Waals surface area (Å²) in [4.78, 5) is 0. The predicted octanol–water partition coefficient (Wildman–Crippen LogP) is 3.02. The lowest BCUT2D eigenvalue weighted by atomic mass is 9.87. The number of fused-ring (bicyclic) bond motifs is 1. The predicted molar refractivity (Wildman–Crippen MR) is 77.3 cm³/mol.